The Kier molecular flexibility index (Phi) is 7.27. The van der Waals surface area contributed by atoms with Crippen molar-refractivity contribution < 1.29 is 8.42 Å². The second-order valence-corrected chi connectivity index (χ2v) is 11.4. The lowest BCUT2D eigenvalue weighted by molar-refractivity contribution is 0.578. The van der Waals surface area contributed by atoms with E-state index < -0.39 is 10.0 Å². The number of nitrogens with zero attached hydrogens (tertiary/aromatic N) is 2. The van der Waals surface area contributed by atoms with Crippen molar-refractivity contribution in [1.29, 1.82) is 0 Å². The van der Waals surface area contributed by atoms with Crippen LogP contribution in [0.15, 0.2) is 70.7 Å². The van der Waals surface area contributed by atoms with E-state index in [1.807, 2.05) is 55.3 Å². The van der Waals surface area contributed by atoms with Crippen molar-refractivity contribution in [3.63, 3.8) is 0 Å². The number of anilines is 1. The molecule has 0 amide bonds. The molecule has 1 aliphatic rings. The van der Waals surface area contributed by atoms with Gasteiger partial charge in [0.25, 0.3) is 0 Å². The van der Waals surface area contributed by atoms with Crippen LogP contribution >= 0.6 is 34.8 Å². The minimum Gasteiger partial charge on any atom is -0.256 e. The van der Waals surface area contributed by atoms with Gasteiger partial charge in [-0.25, -0.2) is 13.1 Å². The van der Waals surface area contributed by atoms with Crippen LogP contribution in [0, 0.1) is 19.8 Å². The Balaban J connectivity index is 1.68. The van der Waals surface area contributed by atoms with E-state index in [0.29, 0.717) is 32.0 Å². The van der Waals surface area contributed by atoms with Crippen LogP contribution in [0.3, 0.4) is 0 Å². The third-order valence-electron chi connectivity index (χ3n) is 5.94. The van der Waals surface area contributed by atoms with E-state index in [4.69, 9.17) is 39.9 Å². The van der Waals surface area contributed by atoms with Crippen molar-refractivity contribution in [3.8, 4) is 0 Å². The Morgan fingerprint density at radius 2 is 1.62 bits per heavy atom. The molecule has 2 atom stereocenters. The highest BCUT2D eigenvalue weighted by molar-refractivity contribution is 7.89. The number of hydrogen-bond acceptors (Lipinski definition) is 4. The second kappa shape index (κ2) is 9.88. The van der Waals surface area contributed by atoms with Crippen molar-refractivity contribution in [2.24, 2.45) is 11.0 Å². The van der Waals surface area contributed by atoms with E-state index in [1.54, 1.807) is 31.2 Å². The Morgan fingerprint density at radius 3 is 2.29 bits per heavy atom. The molecule has 0 aliphatic carbocycles. The van der Waals surface area contributed by atoms with E-state index >= 15 is 0 Å². The smallest absolute Gasteiger partial charge is 0.241 e. The molecule has 4 rings (SSSR count). The molecular weight excluding hydrogens is 513 g/mol. The number of sulfonamides is 1. The van der Waals surface area contributed by atoms with Crippen molar-refractivity contribution in [1.82, 2.24) is 4.72 Å². The fourth-order valence-electron chi connectivity index (χ4n) is 4.09. The van der Waals surface area contributed by atoms with Gasteiger partial charge in [0, 0.05) is 16.0 Å². The van der Waals surface area contributed by atoms with Gasteiger partial charge in [-0.3, -0.25) is 5.01 Å². The molecule has 178 valence electrons. The molecule has 0 fully saturated rings. The summed E-state index contributed by atoms with van der Waals surface area (Å²) in [5, 5.41) is 8.25. The molecule has 1 N–H and O–H groups in total. The third kappa shape index (κ3) is 5.11. The quantitative estimate of drug-likeness (QED) is 0.377. The molecule has 5 nitrogen and oxygen atoms in total. The van der Waals surface area contributed by atoms with Crippen LogP contribution in [-0.4, -0.2) is 20.7 Å². The van der Waals surface area contributed by atoms with Gasteiger partial charge >= 0.3 is 0 Å². The molecular formula is C25H24Cl3N3O2S. The van der Waals surface area contributed by atoms with Gasteiger partial charge in [0.2, 0.25) is 10.0 Å². The van der Waals surface area contributed by atoms with Crippen molar-refractivity contribution in [3.05, 3.63) is 92.4 Å². The van der Waals surface area contributed by atoms with Gasteiger partial charge < -0.3 is 0 Å². The summed E-state index contributed by atoms with van der Waals surface area (Å²) in [4.78, 5) is 0.269. The van der Waals surface area contributed by atoms with Crippen LogP contribution in [0.1, 0.15) is 29.7 Å². The summed E-state index contributed by atoms with van der Waals surface area (Å²) >= 11 is 18.7. The fourth-order valence-corrected chi connectivity index (χ4v) is 6.03. The molecule has 9 heteroatoms. The standard InChI is InChI=1S/C25H24Cl3N3O2S/c1-15-4-5-16(2)24(12-15)34(32,33)29-14-22-17(3)25(18-6-8-19(26)9-7-18)31(30-22)23-11-10-20(27)13-21(23)28/h4-13,17,25,29H,14H2,1-3H3/t17-,25+/m1/s1. The third-order valence-corrected chi connectivity index (χ3v) is 8.28. The average molecular weight is 537 g/mol. The van der Waals surface area contributed by atoms with E-state index in [0.717, 1.165) is 11.1 Å². The van der Waals surface area contributed by atoms with Crippen LogP contribution < -0.4 is 9.73 Å². The Labute approximate surface area is 215 Å². The van der Waals surface area contributed by atoms with Crippen LogP contribution in [0.25, 0.3) is 0 Å². The summed E-state index contributed by atoms with van der Waals surface area (Å²) in [6, 6.07) is 17.9. The largest absolute Gasteiger partial charge is 0.256 e. The lowest BCUT2D eigenvalue weighted by Crippen LogP contribution is -2.32. The molecule has 0 radical (unpaired) electrons. The van der Waals surface area contributed by atoms with Crippen molar-refractivity contribution >= 4 is 56.2 Å². The highest BCUT2D eigenvalue weighted by atomic mass is 35.5. The lowest BCUT2D eigenvalue weighted by atomic mass is 9.91. The second-order valence-electron chi connectivity index (χ2n) is 8.41. The van der Waals surface area contributed by atoms with E-state index in [1.165, 1.54) is 0 Å². The summed E-state index contributed by atoms with van der Waals surface area (Å²) in [5.74, 6) is -0.103. The predicted octanol–water partition coefficient (Wildman–Crippen LogP) is 6.80. The van der Waals surface area contributed by atoms with Crippen LogP contribution in [-0.2, 0) is 10.0 Å². The molecule has 0 saturated carbocycles. The normalized spacial score (nSPS) is 18.3. The monoisotopic (exact) mass is 535 g/mol. The summed E-state index contributed by atoms with van der Waals surface area (Å²) in [7, 11) is -3.72. The molecule has 1 aliphatic heterocycles. The number of hydrazone groups is 1. The SMILES string of the molecule is Cc1ccc(C)c(S(=O)(=O)NCC2=NN(c3ccc(Cl)cc3Cl)[C@H](c3ccc(Cl)cc3)[C@@H]2C)c1. The number of hydrogen-bond donors (Lipinski definition) is 1. The molecule has 0 aromatic heterocycles. The Bertz CT molecular complexity index is 1360. The van der Waals surface area contributed by atoms with E-state index in [2.05, 4.69) is 4.72 Å². The topological polar surface area (TPSA) is 61.8 Å². The van der Waals surface area contributed by atoms with Crippen LogP contribution in [0.4, 0.5) is 5.69 Å². The molecule has 3 aromatic carbocycles. The number of rotatable bonds is 6. The summed E-state index contributed by atoms with van der Waals surface area (Å²) in [6.45, 7) is 5.74. The fraction of sp³-hybridized carbons (Fsp3) is 0.240. The van der Waals surface area contributed by atoms with E-state index in [9.17, 15) is 8.42 Å². The van der Waals surface area contributed by atoms with Crippen molar-refractivity contribution in [2.45, 2.75) is 31.7 Å². The maximum atomic E-state index is 13.1. The number of aryl methyl sites for hydroxylation is 2. The summed E-state index contributed by atoms with van der Waals surface area (Å²) in [5.41, 5.74) is 3.93. The van der Waals surface area contributed by atoms with Gasteiger partial charge in [0.05, 0.1) is 33.9 Å². The Morgan fingerprint density at radius 1 is 0.941 bits per heavy atom. The van der Waals surface area contributed by atoms with Crippen molar-refractivity contribution in [2.75, 3.05) is 11.6 Å². The zero-order valence-corrected chi connectivity index (χ0v) is 22.0. The first kappa shape index (κ1) is 25.0. The summed E-state index contributed by atoms with van der Waals surface area (Å²) < 4.78 is 28.9. The van der Waals surface area contributed by atoms with Gasteiger partial charge in [-0.1, -0.05) is 66.0 Å². The molecule has 0 saturated heterocycles. The first-order valence-electron chi connectivity index (χ1n) is 10.7. The van der Waals surface area contributed by atoms with Crippen LogP contribution in [0.2, 0.25) is 15.1 Å². The van der Waals surface area contributed by atoms with Gasteiger partial charge in [0.15, 0.2) is 0 Å². The van der Waals surface area contributed by atoms with Gasteiger partial charge in [0.1, 0.15) is 0 Å². The number of nitrogens with one attached hydrogen (secondary N) is 1. The first-order valence-corrected chi connectivity index (χ1v) is 13.3. The van der Waals surface area contributed by atoms with Crippen LogP contribution in [0.5, 0.6) is 0 Å². The first-order chi connectivity index (χ1) is 16.1. The molecule has 1 heterocycles. The molecule has 3 aromatic rings. The minimum absolute atomic E-state index is 0.0721. The molecule has 0 unspecified atom stereocenters. The van der Waals surface area contributed by atoms with Gasteiger partial charge in [-0.2, -0.15) is 5.10 Å². The molecule has 34 heavy (non-hydrogen) atoms. The highest BCUT2D eigenvalue weighted by Gasteiger charge is 2.37. The lowest BCUT2D eigenvalue weighted by Gasteiger charge is -2.28. The Hall–Kier alpha value is -2.09. The zero-order chi connectivity index (χ0) is 24.6. The summed E-state index contributed by atoms with van der Waals surface area (Å²) in [6.07, 6.45) is 0. The molecule has 0 spiro atoms. The predicted molar refractivity (Wildman–Crippen MR) is 141 cm³/mol. The maximum absolute atomic E-state index is 13.1. The average Bonchev–Trinajstić information content (AvgIpc) is 3.10. The van der Waals surface area contributed by atoms with Gasteiger partial charge in [-0.05, 0) is 66.9 Å². The zero-order valence-electron chi connectivity index (χ0n) is 18.9. The number of benzene rings is 3. The van der Waals surface area contributed by atoms with Gasteiger partial charge in [-0.15, -0.1) is 0 Å². The maximum Gasteiger partial charge on any atom is 0.241 e. The number of halogens is 3. The molecule has 0 bridgehead atoms. The van der Waals surface area contributed by atoms with E-state index in [-0.39, 0.29) is 23.4 Å². The highest BCUT2D eigenvalue weighted by Crippen LogP contribution is 2.42. The minimum atomic E-state index is -3.72.